The van der Waals surface area contributed by atoms with Crippen LogP contribution in [-0.4, -0.2) is 62.5 Å². The van der Waals surface area contributed by atoms with E-state index < -0.39 is 15.7 Å². The molecule has 2 aliphatic heterocycles. The molecule has 1 N–H and O–H groups in total. The van der Waals surface area contributed by atoms with Crippen LogP contribution in [0.5, 0.6) is 0 Å². The van der Waals surface area contributed by atoms with Crippen LogP contribution in [0.1, 0.15) is 13.3 Å². The number of pyridine rings is 1. The van der Waals surface area contributed by atoms with Crippen molar-refractivity contribution in [3.8, 4) is 17.2 Å². The van der Waals surface area contributed by atoms with Crippen LogP contribution in [0.4, 0.5) is 0 Å². The number of nitriles is 1. The first kappa shape index (κ1) is 17.4. The van der Waals surface area contributed by atoms with Gasteiger partial charge in [0.25, 0.3) is 10.2 Å². The number of nitrogens with one attached hydrogen (secondary N) is 1. The molecule has 9 nitrogen and oxygen atoms in total. The maximum Gasteiger partial charge on any atom is 0.282 e. The summed E-state index contributed by atoms with van der Waals surface area (Å²) in [5.74, 6) is 0. The van der Waals surface area contributed by atoms with Gasteiger partial charge in [-0.15, -0.1) is 0 Å². The monoisotopic (exact) mass is 397 g/mol. The Kier molecular flexibility index (Phi) is 3.64. The molecule has 2 unspecified atom stereocenters. The molecule has 0 radical (unpaired) electrons. The second-order valence-corrected chi connectivity index (χ2v) is 9.41. The molecule has 2 saturated heterocycles. The predicted molar refractivity (Wildman–Crippen MR) is 102 cm³/mol. The van der Waals surface area contributed by atoms with E-state index in [1.165, 1.54) is 8.61 Å². The molecule has 3 aromatic heterocycles. The summed E-state index contributed by atoms with van der Waals surface area (Å²) in [6, 6.07) is 6.14. The molecule has 0 spiro atoms. The van der Waals surface area contributed by atoms with Crippen molar-refractivity contribution in [2.45, 2.75) is 24.9 Å². The Labute approximate surface area is 162 Å². The molecule has 0 aromatic carbocycles. The van der Waals surface area contributed by atoms with E-state index in [1.807, 2.05) is 31.5 Å². The fraction of sp³-hybridized carbons (Fsp3) is 0.389. The summed E-state index contributed by atoms with van der Waals surface area (Å²) in [7, 11) is -3.44. The van der Waals surface area contributed by atoms with Gasteiger partial charge in [0, 0.05) is 55.2 Å². The van der Waals surface area contributed by atoms with Gasteiger partial charge in [0.2, 0.25) is 0 Å². The van der Waals surface area contributed by atoms with Gasteiger partial charge in [-0.25, -0.2) is 4.98 Å². The van der Waals surface area contributed by atoms with Gasteiger partial charge < -0.3 is 4.98 Å². The van der Waals surface area contributed by atoms with Gasteiger partial charge in [-0.3, -0.25) is 4.68 Å². The molecule has 5 rings (SSSR count). The number of nitrogens with zero attached hydrogens (tertiary/aromatic N) is 6. The zero-order chi connectivity index (χ0) is 19.5. The van der Waals surface area contributed by atoms with Gasteiger partial charge in [-0.1, -0.05) is 0 Å². The lowest BCUT2D eigenvalue weighted by molar-refractivity contribution is 0.0687. The maximum absolute atomic E-state index is 12.6. The van der Waals surface area contributed by atoms with Crippen molar-refractivity contribution in [1.82, 2.24) is 28.4 Å². The summed E-state index contributed by atoms with van der Waals surface area (Å²) >= 11 is 0. The van der Waals surface area contributed by atoms with Crippen molar-refractivity contribution < 1.29 is 8.42 Å². The van der Waals surface area contributed by atoms with E-state index in [4.69, 9.17) is 0 Å². The molecule has 0 aliphatic carbocycles. The molecule has 3 aromatic rings. The Bertz CT molecular complexity index is 1200. The van der Waals surface area contributed by atoms with E-state index in [0.29, 0.717) is 6.54 Å². The number of hydrogen-bond donors (Lipinski definition) is 1. The SMILES string of the molecule is CC1CN1S(=O)(=O)N1CC(CC#N)(n2cc(-c3ccnc4[nH]ccc34)cn2)C1. The number of rotatable bonds is 5. The molecular formula is C18H19N7O2S. The van der Waals surface area contributed by atoms with Crippen molar-refractivity contribution in [1.29, 1.82) is 5.26 Å². The molecule has 0 saturated carbocycles. The average Bonchev–Trinajstić information content (AvgIpc) is 3.05. The number of aromatic nitrogens is 4. The van der Waals surface area contributed by atoms with E-state index in [2.05, 4.69) is 21.1 Å². The van der Waals surface area contributed by atoms with Gasteiger partial charge in [-0.2, -0.15) is 27.4 Å². The van der Waals surface area contributed by atoms with Crippen LogP contribution < -0.4 is 0 Å². The number of fused-ring (bicyclic) bond motifs is 1. The van der Waals surface area contributed by atoms with E-state index >= 15 is 0 Å². The molecule has 0 amide bonds. The van der Waals surface area contributed by atoms with Gasteiger partial charge in [0.1, 0.15) is 11.2 Å². The highest BCUT2D eigenvalue weighted by atomic mass is 32.2. The van der Waals surface area contributed by atoms with Crippen LogP contribution in [0.25, 0.3) is 22.2 Å². The standard InChI is InChI=1S/C18H19N7O2S/c1-13-9-24(13)28(26,27)23-11-18(12-23,4-5-19)25-10-14(8-22-25)15-2-6-20-17-16(15)3-7-21-17/h2-3,6-8,10,13H,4,9,11-12H2,1H3,(H,20,21). The van der Waals surface area contributed by atoms with Crippen molar-refractivity contribution in [3.05, 3.63) is 36.9 Å². The minimum Gasteiger partial charge on any atom is -0.346 e. The van der Waals surface area contributed by atoms with Crippen LogP contribution in [0.2, 0.25) is 0 Å². The number of H-pyrrole nitrogens is 1. The summed E-state index contributed by atoms with van der Waals surface area (Å²) in [5.41, 5.74) is 2.06. The van der Waals surface area contributed by atoms with E-state index in [0.717, 1.165) is 22.2 Å². The zero-order valence-electron chi connectivity index (χ0n) is 15.3. The molecule has 5 heterocycles. The second-order valence-electron chi connectivity index (χ2n) is 7.53. The molecular weight excluding hydrogens is 378 g/mol. The van der Waals surface area contributed by atoms with Gasteiger partial charge in [0.15, 0.2) is 0 Å². The lowest BCUT2D eigenvalue weighted by atomic mass is 9.89. The minimum absolute atomic E-state index is 0.0581. The average molecular weight is 397 g/mol. The summed E-state index contributed by atoms with van der Waals surface area (Å²) in [4.78, 5) is 7.39. The topological polar surface area (TPSA) is 111 Å². The first-order valence-corrected chi connectivity index (χ1v) is 10.5. The van der Waals surface area contributed by atoms with Crippen LogP contribution in [0, 0.1) is 11.3 Å². The Hall–Kier alpha value is -2.74. The maximum atomic E-state index is 12.6. The smallest absolute Gasteiger partial charge is 0.282 e. The van der Waals surface area contributed by atoms with Crippen LogP contribution in [0.3, 0.4) is 0 Å². The van der Waals surface area contributed by atoms with Crippen LogP contribution >= 0.6 is 0 Å². The van der Waals surface area contributed by atoms with Crippen LogP contribution in [-0.2, 0) is 15.7 Å². The Balaban J connectivity index is 1.45. The first-order chi connectivity index (χ1) is 13.4. The molecule has 10 heteroatoms. The normalized spacial score (nSPS) is 24.0. The van der Waals surface area contributed by atoms with Gasteiger partial charge in [-0.05, 0) is 24.6 Å². The molecule has 28 heavy (non-hydrogen) atoms. The Morgan fingerprint density at radius 1 is 1.39 bits per heavy atom. The van der Waals surface area contributed by atoms with Crippen LogP contribution in [0.15, 0.2) is 36.9 Å². The molecule has 0 bridgehead atoms. The predicted octanol–water partition coefficient (Wildman–Crippen LogP) is 1.30. The molecule has 2 fully saturated rings. The summed E-state index contributed by atoms with van der Waals surface area (Å²) in [6.07, 6.45) is 7.42. The lowest BCUT2D eigenvalue weighted by Crippen LogP contribution is -2.65. The largest absolute Gasteiger partial charge is 0.346 e. The number of hydrogen-bond acceptors (Lipinski definition) is 5. The third-order valence-electron chi connectivity index (χ3n) is 5.61. The summed E-state index contributed by atoms with van der Waals surface area (Å²) in [6.45, 7) is 2.95. The van der Waals surface area contributed by atoms with Crippen molar-refractivity contribution in [3.63, 3.8) is 0 Å². The van der Waals surface area contributed by atoms with Crippen molar-refractivity contribution >= 4 is 21.2 Å². The molecule has 144 valence electrons. The second kappa shape index (κ2) is 5.88. The summed E-state index contributed by atoms with van der Waals surface area (Å²) < 4.78 is 29.8. The fourth-order valence-electron chi connectivity index (χ4n) is 3.88. The number of aromatic amines is 1. The summed E-state index contributed by atoms with van der Waals surface area (Å²) in [5, 5.41) is 14.8. The van der Waals surface area contributed by atoms with Crippen molar-refractivity contribution in [2.24, 2.45) is 0 Å². The minimum atomic E-state index is -3.44. The Morgan fingerprint density at radius 2 is 2.18 bits per heavy atom. The highest BCUT2D eigenvalue weighted by Gasteiger charge is 2.55. The third-order valence-corrected chi connectivity index (χ3v) is 7.63. The lowest BCUT2D eigenvalue weighted by Gasteiger charge is -2.47. The molecule has 2 aliphatic rings. The quantitative estimate of drug-likeness (QED) is 0.653. The first-order valence-electron chi connectivity index (χ1n) is 9.06. The highest BCUT2D eigenvalue weighted by Crippen LogP contribution is 2.38. The van der Waals surface area contributed by atoms with E-state index in [9.17, 15) is 13.7 Å². The van der Waals surface area contributed by atoms with E-state index in [1.54, 1.807) is 17.1 Å². The van der Waals surface area contributed by atoms with Gasteiger partial charge >= 0.3 is 0 Å². The van der Waals surface area contributed by atoms with Crippen molar-refractivity contribution in [2.75, 3.05) is 19.6 Å². The van der Waals surface area contributed by atoms with E-state index in [-0.39, 0.29) is 25.6 Å². The highest BCUT2D eigenvalue weighted by molar-refractivity contribution is 7.87. The Morgan fingerprint density at radius 3 is 2.89 bits per heavy atom. The zero-order valence-corrected chi connectivity index (χ0v) is 16.1. The molecule has 2 atom stereocenters. The third kappa shape index (κ3) is 2.47. The van der Waals surface area contributed by atoms with Gasteiger partial charge in [0.05, 0.1) is 18.7 Å². The fourth-order valence-corrected chi connectivity index (χ4v) is 5.84.